The monoisotopic (exact) mass is 382 g/mol. The van der Waals surface area contributed by atoms with Crippen LogP contribution in [0.25, 0.3) is 0 Å². The zero-order valence-corrected chi connectivity index (χ0v) is 15.7. The zero-order chi connectivity index (χ0) is 18.6. The van der Waals surface area contributed by atoms with Crippen LogP contribution in [0.5, 0.6) is 0 Å². The molecule has 0 saturated carbocycles. The van der Waals surface area contributed by atoms with Gasteiger partial charge in [-0.2, -0.15) is 0 Å². The Balaban J connectivity index is 2.06. The van der Waals surface area contributed by atoms with E-state index in [9.17, 15) is 9.59 Å². The Hall–Kier alpha value is -1.98. The van der Waals surface area contributed by atoms with Crippen molar-refractivity contribution in [3.8, 4) is 0 Å². The van der Waals surface area contributed by atoms with Crippen LogP contribution in [0.4, 0.5) is 0 Å². The Morgan fingerprint density at radius 2 is 1.76 bits per heavy atom. The molecule has 134 valence electrons. The number of carbonyl (C=O) groups is 2. The van der Waals surface area contributed by atoms with Gasteiger partial charge < -0.3 is 15.1 Å². The van der Waals surface area contributed by atoms with Gasteiger partial charge in [0.1, 0.15) is 6.04 Å². The molecule has 2 aromatic rings. The van der Waals surface area contributed by atoms with Crippen molar-refractivity contribution in [1.29, 1.82) is 0 Å². The summed E-state index contributed by atoms with van der Waals surface area (Å²) in [4.78, 5) is 24.8. The molecule has 2 atom stereocenters. The predicted octanol–water partition coefficient (Wildman–Crippen LogP) is 4.22. The van der Waals surface area contributed by atoms with E-state index in [1.807, 2.05) is 20.8 Å². The molecule has 2 rings (SSSR count). The lowest BCUT2D eigenvalue weighted by molar-refractivity contribution is -0.124. The molecule has 0 aliphatic heterocycles. The summed E-state index contributed by atoms with van der Waals surface area (Å²) < 4.78 is 5.06. The van der Waals surface area contributed by atoms with Crippen molar-refractivity contribution in [3.63, 3.8) is 0 Å². The molecule has 25 heavy (non-hydrogen) atoms. The molecule has 0 aliphatic rings. The maximum absolute atomic E-state index is 12.6. The third-order valence-corrected chi connectivity index (χ3v) is 4.52. The highest BCUT2D eigenvalue weighted by atomic mass is 35.5. The largest absolute Gasteiger partial charge is 0.459 e. The molecule has 7 heteroatoms. The molecule has 0 bridgehead atoms. The summed E-state index contributed by atoms with van der Waals surface area (Å²) in [6.07, 6.45) is 1.41. The fraction of sp³-hybridized carbons (Fsp3) is 0.333. The quantitative estimate of drug-likeness (QED) is 0.785. The van der Waals surface area contributed by atoms with Crippen LogP contribution in [0.2, 0.25) is 10.0 Å². The van der Waals surface area contributed by atoms with E-state index < -0.39 is 11.9 Å². The highest BCUT2D eigenvalue weighted by molar-refractivity contribution is 6.42. The molecule has 0 spiro atoms. The number of hydrogen-bond acceptors (Lipinski definition) is 3. The smallest absolute Gasteiger partial charge is 0.287 e. The van der Waals surface area contributed by atoms with Crippen molar-refractivity contribution < 1.29 is 14.0 Å². The molecular weight excluding hydrogens is 363 g/mol. The van der Waals surface area contributed by atoms with Crippen molar-refractivity contribution >= 4 is 35.0 Å². The summed E-state index contributed by atoms with van der Waals surface area (Å²) in [5, 5.41) is 6.47. The maximum Gasteiger partial charge on any atom is 0.287 e. The molecule has 0 saturated heterocycles. The number of benzene rings is 1. The van der Waals surface area contributed by atoms with E-state index in [0.717, 1.165) is 5.56 Å². The molecule has 2 N–H and O–H groups in total. The van der Waals surface area contributed by atoms with E-state index in [-0.39, 0.29) is 23.6 Å². The fourth-order valence-corrected chi connectivity index (χ4v) is 2.63. The van der Waals surface area contributed by atoms with Crippen molar-refractivity contribution in [2.24, 2.45) is 5.92 Å². The lowest BCUT2D eigenvalue weighted by Gasteiger charge is -2.24. The highest BCUT2D eigenvalue weighted by Gasteiger charge is 2.26. The molecule has 1 aromatic carbocycles. The lowest BCUT2D eigenvalue weighted by atomic mass is 10.0. The minimum atomic E-state index is -0.692. The topological polar surface area (TPSA) is 71.3 Å². The number of furan rings is 1. The molecular formula is C18H20Cl2N2O3. The Morgan fingerprint density at radius 1 is 1.04 bits per heavy atom. The second-order valence-electron chi connectivity index (χ2n) is 6.08. The summed E-state index contributed by atoms with van der Waals surface area (Å²) >= 11 is 11.9. The standard InChI is InChI=1S/C18H20Cl2N2O3/c1-10(2)16(22-17(23)15-5-4-8-25-15)18(24)21-11(3)12-6-7-13(19)14(20)9-12/h4-11,16H,1-3H3,(H,21,24)(H,22,23). The van der Waals surface area contributed by atoms with Gasteiger partial charge in [-0.3, -0.25) is 9.59 Å². The van der Waals surface area contributed by atoms with Crippen molar-refractivity contribution in [1.82, 2.24) is 10.6 Å². The van der Waals surface area contributed by atoms with Gasteiger partial charge in [0.2, 0.25) is 5.91 Å². The fourth-order valence-electron chi connectivity index (χ4n) is 2.32. The first-order chi connectivity index (χ1) is 11.8. The van der Waals surface area contributed by atoms with Gasteiger partial charge >= 0.3 is 0 Å². The van der Waals surface area contributed by atoms with Crippen LogP contribution in [0.3, 0.4) is 0 Å². The number of nitrogens with one attached hydrogen (secondary N) is 2. The molecule has 2 unspecified atom stereocenters. The van der Waals surface area contributed by atoms with Gasteiger partial charge in [0.15, 0.2) is 5.76 Å². The lowest BCUT2D eigenvalue weighted by Crippen LogP contribution is -2.50. The van der Waals surface area contributed by atoms with E-state index >= 15 is 0 Å². The minimum Gasteiger partial charge on any atom is -0.459 e. The molecule has 1 aromatic heterocycles. The number of rotatable bonds is 6. The van der Waals surface area contributed by atoms with E-state index in [2.05, 4.69) is 10.6 Å². The third kappa shape index (κ3) is 5.00. The Bertz CT molecular complexity index is 745. The van der Waals surface area contributed by atoms with Crippen LogP contribution in [0, 0.1) is 5.92 Å². The van der Waals surface area contributed by atoms with Gasteiger partial charge in [-0.15, -0.1) is 0 Å². The van der Waals surface area contributed by atoms with Gasteiger partial charge in [-0.05, 0) is 42.7 Å². The van der Waals surface area contributed by atoms with Crippen LogP contribution >= 0.6 is 23.2 Å². The number of amides is 2. The number of halogens is 2. The van der Waals surface area contributed by atoms with Gasteiger partial charge in [0.25, 0.3) is 5.91 Å². The second-order valence-corrected chi connectivity index (χ2v) is 6.89. The molecule has 5 nitrogen and oxygen atoms in total. The highest BCUT2D eigenvalue weighted by Crippen LogP contribution is 2.25. The van der Waals surface area contributed by atoms with Gasteiger partial charge in [-0.1, -0.05) is 43.1 Å². The van der Waals surface area contributed by atoms with Crippen molar-refractivity contribution in [2.75, 3.05) is 0 Å². The van der Waals surface area contributed by atoms with Crippen LogP contribution in [0.1, 0.15) is 42.9 Å². The number of hydrogen-bond donors (Lipinski definition) is 2. The third-order valence-electron chi connectivity index (χ3n) is 3.78. The van der Waals surface area contributed by atoms with Crippen molar-refractivity contribution in [2.45, 2.75) is 32.9 Å². The van der Waals surface area contributed by atoms with Gasteiger partial charge in [0, 0.05) is 0 Å². The van der Waals surface area contributed by atoms with E-state index in [4.69, 9.17) is 27.6 Å². The first-order valence-electron chi connectivity index (χ1n) is 7.89. The van der Waals surface area contributed by atoms with Crippen LogP contribution in [-0.2, 0) is 4.79 Å². The summed E-state index contributed by atoms with van der Waals surface area (Å²) in [5.74, 6) is -0.648. The predicted molar refractivity (Wildman–Crippen MR) is 97.8 cm³/mol. The van der Waals surface area contributed by atoms with Crippen molar-refractivity contribution in [3.05, 3.63) is 58.0 Å². The Labute approximate surface area is 156 Å². The van der Waals surface area contributed by atoms with Crippen LogP contribution < -0.4 is 10.6 Å². The van der Waals surface area contributed by atoms with Crippen LogP contribution in [0.15, 0.2) is 41.0 Å². The average Bonchev–Trinajstić information content (AvgIpc) is 3.09. The minimum absolute atomic E-state index is 0.0973. The zero-order valence-electron chi connectivity index (χ0n) is 14.2. The second kappa shape index (κ2) is 8.41. The summed E-state index contributed by atoms with van der Waals surface area (Å²) in [6, 6.07) is 7.37. The molecule has 1 heterocycles. The van der Waals surface area contributed by atoms with Gasteiger partial charge in [0.05, 0.1) is 22.4 Å². The molecule has 0 fully saturated rings. The number of carbonyl (C=O) groups excluding carboxylic acids is 2. The summed E-state index contributed by atoms with van der Waals surface area (Å²) in [7, 11) is 0. The Kier molecular flexibility index (Phi) is 6.51. The first kappa shape index (κ1) is 19.3. The summed E-state index contributed by atoms with van der Waals surface area (Å²) in [6.45, 7) is 5.55. The van der Waals surface area contributed by atoms with E-state index in [1.54, 1.807) is 30.3 Å². The molecule has 2 amide bonds. The average molecular weight is 383 g/mol. The Morgan fingerprint density at radius 3 is 2.32 bits per heavy atom. The molecule has 0 aliphatic carbocycles. The van der Waals surface area contributed by atoms with E-state index in [1.165, 1.54) is 6.26 Å². The summed E-state index contributed by atoms with van der Waals surface area (Å²) in [5.41, 5.74) is 0.822. The van der Waals surface area contributed by atoms with E-state index in [0.29, 0.717) is 10.0 Å². The SMILES string of the molecule is CC(NC(=O)C(NC(=O)c1ccco1)C(C)C)c1ccc(Cl)c(Cl)c1. The first-order valence-corrected chi connectivity index (χ1v) is 8.65. The maximum atomic E-state index is 12.6. The van der Waals surface area contributed by atoms with Gasteiger partial charge in [-0.25, -0.2) is 0 Å². The molecule has 0 radical (unpaired) electrons. The normalized spacial score (nSPS) is 13.4. The van der Waals surface area contributed by atoms with Crippen LogP contribution in [-0.4, -0.2) is 17.9 Å².